The van der Waals surface area contributed by atoms with Crippen molar-refractivity contribution in [3.8, 4) is 0 Å². The van der Waals surface area contributed by atoms with Crippen molar-refractivity contribution in [1.29, 1.82) is 0 Å². The summed E-state index contributed by atoms with van der Waals surface area (Å²) in [5, 5.41) is -0.651. The highest BCUT2D eigenvalue weighted by Crippen LogP contribution is 2.41. The molecule has 21 heavy (non-hydrogen) atoms. The van der Waals surface area contributed by atoms with E-state index >= 15 is 0 Å². The smallest absolute Gasteiger partial charge is 0.158 e. The first kappa shape index (κ1) is 16.5. The summed E-state index contributed by atoms with van der Waals surface area (Å²) in [6, 6.07) is 5.92. The van der Waals surface area contributed by atoms with Crippen LogP contribution >= 0.6 is 11.6 Å². The Labute approximate surface area is 131 Å². The Bertz CT molecular complexity index is 481. The summed E-state index contributed by atoms with van der Waals surface area (Å²) in [4.78, 5) is 12.5. The van der Waals surface area contributed by atoms with Gasteiger partial charge in [-0.3, -0.25) is 4.79 Å². The fourth-order valence-corrected chi connectivity index (χ4v) is 3.57. The monoisotopic (exact) mass is 310 g/mol. The molecule has 116 valence electrons. The van der Waals surface area contributed by atoms with Crippen molar-refractivity contribution < 1.29 is 9.18 Å². The molecule has 0 heterocycles. The molecule has 1 aromatic rings. The first-order chi connectivity index (χ1) is 9.79. The van der Waals surface area contributed by atoms with Crippen molar-refractivity contribution in [1.82, 2.24) is 0 Å². The fourth-order valence-electron chi connectivity index (χ4n) is 3.25. The first-order valence-electron chi connectivity index (χ1n) is 7.72. The molecule has 1 atom stereocenters. The van der Waals surface area contributed by atoms with Crippen LogP contribution in [0.2, 0.25) is 0 Å². The van der Waals surface area contributed by atoms with Gasteiger partial charge >= 0.3 is 0 Å². The van der Waals surface area contributed by atoms with Crippen molar-refractivity contribution in [2.45, 2.75) is 51.8 Å². The summed E-state index contributed by atoms with van der Waals surface area (Å²) >= 11 is 6.30. The van der Waals surface area contributed by atoms with Crippen LogP contribution in [0.4, 0.5) is 4.39 Å². The van der Waals surface area contributed by atoms with E-state index < -0.39 is 5.38 Å². The highest BCUT2D eigenvalue weighted by molar-refractivity contribution is 6.31. The summed E-state index contributed by atoms with van der Waals surface area (Å²) < 4.78 is 12.9. The van der Waals surface area contributed by atoms with E-state index in [-0.39, 0.29) is 17.5 Å². The Kier molecular flexibility index (Phi) is 5.08. The van der Waals surface area contributed by atoms with Crippen LogP contribution in [0.3, 0.4) is 0 Å². The zero-order valence-corrected chi connectivity index (χ0v) is 13.8. The molecule has 1 unspecified atom stereocenters. The number of Topliss-reactive ketones (excluding diaryl/α,β-unsaturated/α-hetero) is 1. The predicted molar refractivity (Wildman–Crippen MR) is 84.9 cm³/mol. The van der Waals surface area contributed by atoms with Gasteiger partial charge < -0.3 is 0 Å². The highest BCUT2D eigenvalue weighted by Gasteiger charge is 2.34. The molecule has 0 bridgehead atoms. The minimum Gasteiger partial charge on any atom is -0.297 e. The zero-order chi connectivity index (χ0) is 15.6. The van der Waals surface area contributed by atoms with Crippen LogP contribution in [-0.4, -0.2) is 5.78 Å². The number of carbonyl (C=O) groups is 1. The predicted octanol–water partition coefficient (Wildman–Crippen LogP) is 5.53. The van der Waals surface area contributed by atoms with Crippen molar-refractivity contribution in [2.24, 2.45) is 17.3 Å². The molecular formula is C18H24ClFO. The summed E-state index contributed by atoms with van der Waals surface area (Å²) in [6.07, 6.45) is 4.02. The molecule has 0 saturated heterocycles. The number of halogens is 2. The quantitative estimate of drug-likeness (QED) is 0.671. The van der Waals surface area contributed by atoms with Crippen molar-refractivity contribution in [3.05, 3.63) is 35.6 Å². The van der Waals surface area contributed by atoms with Crippen LogP contribution < -0.4 is 0 Å². The Morgan fingerprint density at radius 3 is 2.14 bits per heavy atom. The van der Waals surface area contributed by atoms with Gasteiger partial charge in [0.1, 0.15) is 11.2 Å². The highest BCUT2D eigenvalue weighted by atomic mass is 35.5. The average Bonchev–Trinajstić information content (AvgIpc) is 2.46. The molecule has 1 aliphatic carbocycles. The van der Waals surface area contributed by atoms with Crippen LogP contribution in [0.25, 0.3) is 0 Å². The molecule has 0 N–H and O–H groups in total. The Morgan fingerprint density at radius 2 is 1.67 bits per heavy atom. The Hall–Kier alpha value is -0.890. The van der Waals surface area contributed by atoms with E-state index in [9.17, 15) is 9.18 Å². The maximum absolute atomic E-state index is 12.9. The number of hydrogen-bond acceptors (Lipinski definition) is 1. The van der Waals surface area contributed by atoms with Crippen molar-refractivity contribution in [3.63, 3.8) is 0 Å². The maximum Gasteiger partial charge on any atom is 0.158 e. The van der Waals surface area contributed by atoms with E-state index in [1.165, 1.54) is 12.1 Å². The third kappa shape index (κ3) is 4.06. The van der Waals surface area contributed by atoms with Gasteiger partial charge in [-0.15, -0.1) is 11.6 Å². The van der Waals surface area contributed by atoms with Gasteiger partial charge in [0.25, 0.3) is 0 Å². The van der Waals surface area contributed by atoms with Gasteiger partial charge in [0, 0.05) is 5.92 Å². The summed E-state index contributed by atoms with van der Waals surface area (Å²) in [5.41, 5.74) is 1.01. The standard InChI is InChI=1S/C18H24ClFO/c1-18(2,3)14-8-4-13(5-9-14)17(21)16(19)12-6-10-15(20)11-7-12/h6-7,10-11,13-14,16H,4-5,8-9H2,1-3H3. The Balaban J connectivity index is 1.97. The molecular weight excluding hydrogens is 287 g/mol. The van der Waals surface area contributed by atoms with Crippen LogP contribution in [0, 0.1) is 23.1 Å². The van der Waals surface area contributed by atoms with E-state index in [4.69, 9.17) is 11.6 Å². The number of alkyl halides is 1. The van der Waals surface area contributed by atoms with E-state index in [0.29, 0.717) is 16.9 Å². The molecule has 0 amide bonds. The molecule has 1 fully saturated rings. The summed E-state index contributed by atoms with van der Waals surface area (Å²) in [6.45, 7) is 6.80. The second kappa shape index (κ2) is 6.48. The van der Waals surface area contributed by atoms with Crippen LogP contribution in [-0.2, 0) is 4.79 Å². The van der Waals surface area contributed by atoms with Gasteiger partial charge in [-0.05, 0) is 54.7 Å². The number of hydrogen-bond donors (Lipinski definition) is 0. The topological polar surface area (TPSA) is 17.1 Å². The molecule has 0 aromatic heterocycles. The molecule has 1 aliphatic rings. The molecule has 1 saturated carbocycles. The molecule has 0 spiro atoms. The van der Waals surface area contributed by atoms with E-state index in [1.54, 1.807) is 12.1 Å². The van der Waals surface area contributed by atoms with E-state index in [1.807, 2.05) is 0 Å². The van der Waals surface area contributed by atoms with Crippen molar-refractivity contribution in [2.75, 3.05) is 0 Å². The summed E-state index contributed by atoms with van der Waals surface area (Å²) in [5.74, 6) is 0.522. The van der Waals surface area contributed by atoms with Gasteiger partial charge in [0.05, 0.1) is 0 Å². The van der Waals surface area contributed by atoms with Gasteiger partial charge in [0.15, 0.2) is 5.78 Å². The zero-order valence-electron chi connectivity index (χ0n) is 13.0. The maximum atomic E-state index is 12.9. The van der Waals surface area contributed by atoms with Crippen molar-refractivity contribution >= 4 is 17.4 Å². The second-order valence-corrected chi connectivity index (χ2v) is 7.67. The first-order valence-corrected chi connectivity index (χ1v) is 8.16. The molecule has 1 aromatic carbocycles. The number of benzene rings is 1. The molecule has 0 radical (unpaired) electrons. The van der Waals surface area contributed by atoms with Gasteiger partial charge in [0.2, 0.25) is 0 Å². The van der Waals surface area contributed by atoms with Gasteiger partial charge in [-0.25, -0.2) is 4.39 Å². The second-order valence-electron chi connectivity index (χ2n) is 7.23. The van der Waals surface area contributed by atoms with Gasteiger partial charge in [-0.1, -0.05) is 32.9 Å². The third-order valence-corrected chi connectivity index (χ3v) is 5.23. The molecule has 1 nitrogen and oxygen atoms in total. The SMILES string of the molecule is CC(C)(C)C1CCC(C(=O)C(Cl)c2ccc(F)cc2)CC1. The number of ketones is 1. The molecule has 2 rings (SSSR count). The lowest BCUT2D eigenvalue weighted by Crippen LogP contribution is -2.30. The third-order valence-electron chi connectivity index (χ3n) is 4.77. The van der Waals surface area contributed by atoms with E-state index in [2.05, 4.69) is 20.8 Å². The van der Waals surface area contributed by atoms with E-state index in [0.717, 1.165) is 25.7 Å². The Morgan fingerprint density at radius 1 is 1.14 bits per heavy atom. The minimum absolute atomic E-state index is 0.0520. The van der Waals surface area contributed by atoms with Crippen LogP contribution in [0.1, 0.15) is 57.4 Å². The number of rotatable bonds is 3. The van der Waals surface area contributed by atoms with Crippen LogP contribution in [0.5, 0.6) is 0 Å². The molecule has 3 heteroatoms. The van der Waals surface area contributed by atoms with Gasteiger partial charge in [-0.2, -0.15) is 0 Å². The normalized spacial score (nSPS) is 24.6. The lowest BCUT2D eigenvalue weighted by atomic mass is 9.69. The largest absolute Gasteiger partial charge is 0.297 e. The molecule has 0 aliphatic heterocycles. The number of carbonyl (C=O) groups excluding carboxylic acids is 1. The minimum atomic E-state index is -0.651. The summed E-state index contributed by atoms with van der Waals surface area (Å²) in [7, 11) is 0. The average molecular weight is 311 g/mol. The lowest BCUT2D eigenvalue weighted by Gasteiger charge is -2.36. The lowest BCUT2D eigenvalue weighted by molar-refractivity contribution is -0.124. The van der Waals surface area contributed by atoms with Crippen LogP contribution in [0.15, 0.2) is 24.3 Å². The fraction of sp³-hybridized carbons (Fsp3) is 0.611.